The van der Waals surface area contributed by atoms with Gasteiger partial charge >= 0.3 is 0 Å². The van der Waals surface area contributed by atoms with Crippen molar-refractivity contribution >= 4 is 57.5 Å². The largest absolute Gasteiger partial charge is 0.496 e. The fourth-order valence-corrected chi connectivity index (χ4v) is 2.92. The van der Waals surface area contributed by atoms with Gasteiger partial charge in [-0.05, 0) is 29.0 Å². The molecule has 0 fully saturated rings. The van der Waals surface area contributed by atoms with Crippen LogP contribution in [0, 0.1) is 0 Å². The average Bonchev–Trinajstić information content (AvgIpc) is 2.56. The smallest absolute Gasteiger partial charge is 0.128 e. The SMILES string of the molecule is COc1ccc2ccccc2c1C=Nc1cc(Cl)c(Cl)cc1Cl. The molecule has 0 aliphatic heterocycles. The summed E-state index contributed by atoms with van der Waals surface area (Å²) in [5, 5.41) is 3.41. The summed E-state index contributed by atoms with van der Waals surface area (Å²) in [6.07, 6.45) is 1.73. The van der Waals surface area contributed by atoms with Crippen LogP contribution in [0.3, 0.4) is 0 Å². The molecular weight excluding hydrogens is 353 g/mol. The van der Waals surface area contributed by atoms with Crippen molar-refractivity contribution in [3.63, 3.8) is 0 Å². The van der Waals surface area contributed by atoms with Gasteiger partial charge in [0.1, 0.15) is 5.75 Å². The van der Waals surface area contributed by atoms with Crippen molar-refractivity contribution in [2.24, 2.45) is 4.99 Å². The van der Waals surface area contributed by atoms with Crippen LogP contribution in [-0.4, -0.2) is 13.3 Å². The highest BCUT2D eigenvalue weighted by molar-refractivity contribution is 6.44. The van der Waals surface area contributed by atoms with Crippen LogP contribution in [0.1, 0.15) is 5.56 Å². The molecule has 0 N–H and O–H groups in total. The lowest BCUT2D eigenvalue weighted by molar-refractivity contribution is 0.415. The number of nitrogens with zero attached hydrogens (tertiary/aromatic N) is 1. The average molecular weight is 365 g/mol. The summed E-state index contributed by atoms with van der Waals surface area (Å²) in [5.74, 6) is 0.739. The molecule has 3 aromatic rings. The molecule has 0 aliphatic rings. The van der Waals surface area contributed by atoms with E-state index in [0.29, 0.717) is 20.8 Å². The lowest BCUT2D eigenvalue weighted by Gasteiger charge is -2.08. The van der Waals surface area contributed by atoms with Crippen LogP contribution < -0.4 is 4.74 Å². The Hall–Kier alpha value is -1.74. The molecule has 0 atom stereocenters. The number of methoxy groups -OCH3 is 1. The van der Waals surface area contributed by atoms with E-state index in [1.807, 2.05) is 36.4 Å². The van der Waals surface area contributed by atoms with Crippen LogP contribution in [0.25, 0.3) is 10.8 Å². The Balaban J connectivity index is 2.12. The summed E-state index contributed by atoms with van der Waals surface area (Å²) < 4.78 is 5.44. The lowest BCUT2D eigenvalue weighted by atomic mass is 10.0. The Morgan fingerprint density at radius 1 is 0.913 bits per heavy atom. The highest BCUT2D eigenvalue weighted by Gasteiger charge is 2.08. The molecule has 0 saturated heterocycles. The lowest BCUT2D eigenvalue weighted by Crippen LogP contribution is -1.92. The van der Waals surface area contributed by atoms with E-state index in [-0.39, 0.29) is 0 Å². The Morgan fingerprint density at radius 3 is 2.43 bits per heavy atom. The van der Waals surface area contributed by atoms with E-state index in [1.54, 1.807) is 25.5 Å². The first-order chi connectivity index (χ1) is 11.1. The Labute approximate surface area is 149 Å². The van der Waals surface area contributed by atoms with Gasteiger partial charge in [0.15, 0.2) is 0 Å². The van der Waals surface area contributed by atoms with Gasteiger partial charge in [-0.1, -0.05) is 65.1 Å². The summed E-state index contributed by atoms with van der Waals surface area (Å²) in [6, 6.07) is 15.2. The molecule has 0 radical (unpaired) electrons. The van der Waals surface area contributed by atoms with E-state index in [0.717, 1.165) is 22.1 Å². The van der Waals surface area contributed by atoms with Crippen molar-refractivity contribution in [3.8, 4) is 5.75 Å². The van der Waals surface area contributed by atoms with Crippen molar-refractivity contribution in [1.82, 2.24) is 0 Å². The molecule has 0 amide bonds. The van der Waals surface area contributed by atoms with Gasteiger partial charge in [0, 0.05) is 11.8 Å². The number of halogens is 3. The molecular formula is C18H12Cl3NO. The molecule has 0 aliphatic carbocycles. The molecule has 2 nitrogen and oxygen atoms in total. The first-order valence-electron chi connectivity index (χ1n) is 6.84. The molecule has 0 unspecified atom stereocenters. The zero-order chi connectivity index (χ0) is 16.4. The normalized spacial score (nSPS) is 11.3. The molecule has 0 aromatic heterocycles. The molecule has 0 bridgehead atoms. The third-order valence-corrected chi connectivity index (χ3v) is 4.50. The van der Waals surface area contributed by atoms with Crippen LogP contribution in [0.5, 0.6) is 5.75 Å². The van der Waals surface area contributed by atoms with Gasteiger partial charge in [0.05, 0.1) is 27.9 Å². The number of fused-ring (bicyclic) bond motifs is 1. The second kappa shape index (κ2) is 6.79. The summed E-state index contributed by atoms with van der Waals surface area (Å²) in [4.78, 5) is 4.46. The van der Waals surface area contributed by atoms with Crippen LogP contribution >= 0.6 is 34.8 Å². The van der Waals surface area contributed by atoms with Gasteiger partial charge in [-0.3, -0.25) is 4.99 Å². The molecule has 3 rings (SSSR count). The topological polar surface area (TPSA) is 21.6 Å². The Kier molecular flexibility index (Phi) is 4.76. The minimum Gasteiger partial charge on any atom is -0.496 e. The summed E-state index contributed by atoms with van der Waals surface area (Å²) in [7, 11) is 1.63. The fourth-order valence-electron chi connectivity index (χ4n) is 2.33. The monoisotopic (exact) mass is 363 g/mol. The van der Waals surface area contributed by atoms with Gasteiger partial charge in [0.2, 0.25) is 0 Å². The predicted molar refractivity (Wildman–Crippen MR) is 99.2 cm³/mol. The van der Waals surface area contributed by atoms with E-state index in [2.05, 4.69) is 4.99 Å². The Morgan fingerprint density at radius 2 is 1.65 bits per heavy atom. The highest BCUT2D eigenvalue weighted by atomic mass is 35.5. The minimum atomic E-state index is 0.401. The van der Waals surface area contributed by atoms with Gasteiger partial charge in [-0.15, -0.1) is 0 Å². The maximum atomic E-state index is 6.17. The van der Waals surface area contributed by atoms with E-state index in [9.17, 15) is 0 Å². The Bertz CT molecular complexity index is 906. The number of hydrogen-bond acceptors (Lipinski definition) is 2. The minimum absolute atomic E-state index is 0.401. The molecule has 0 spiro atoms. The molecule has 23 heavy (non-hydrogen) atoms. The highest BCUT2D eigenvalue weighted by Crippen LogP contribution is 2.34. The van der Waals surface area contributed by atoms with E-state index in [4.69, 9.17) is 39.5 Å². The third-order valence-electron chi connectivity index (χ3n) is 3.47. The zero-order valence-electron chi connectivity index (χ0n) is 12.2. The maximum Gasteiger partial charge on any atom is 0.128 e. The summed E-state index contributed by atoms with van der Waals surface area (Å²) in [5.41, 5.74) is 1.43. The van der Waals surface area contributed by atoms with Crippen LogP contribution in [0.15, 0.2) is 53.5 Å². The van der Waals surface area contributed by atoms with Crippen molar-refractivity contribution in [1.29, 1.82) is 0 Å². The van der Waals surface area contributed by atoms with E-state index >= 15 is 0 Å². The van der Waals surface area contributed by atoms with Gasteiger partial charge in [-0.25, -0.2) is 0 Å². The number of hydrogen-bond donors (Lipinski definition) is 0. The maximum absolute atomic E-state index is 6.17. The van der Waals surface area contributed by atoms with Gasteiger partial charge in [-0.2, -0.15) is 0 Å². The molecule has 0 heterocycles. The van der Waals surface area contributed by atoms with Crippen LogP contribution in [-0.2, 0) is 0 Å². The molecule has 0 saturated carbocycles. The second-order valence-electron chi connectivity index (χ2n) is 4.88. The summed E-state index contributed by atoms with van der Waals surface area (Å²) >= 11 is 18.1. The van der Waals surface area contributed by atoms with Crippen molar-refractivity contribution in [2.75, 3.05) is 7.11 Å². The van der Waals surface area contributed by atoms with Crippen molar-refractivity contribution < 1.29 is 4.74 Å². The van der Waals surface area contributed by atoms with E-state index in [1.165, 1.54) is 0 Å². The van der Waals surface area contributed by atoms with E-state index < -0.39 is 0 Å². The van der Waals surface area contributed by atoms with Gasteiger partial charge < -0.3 is 4.74 Å². The number of ether oxygens (including phenoxy) is 1. The number of aliphatic imine (C=N–C) groups is 1. The molecule has 5 heteroatoms. The quantitative estimate of drug-likeness (QED) is 0.381. The predicted octanol–water partition coefficient (Wildman–Crippen LogP) is 6.56. The second-order valence-corrected chi connectivity index (χ2v) is 6.10. The molecule has 3 aromatic carbocycles. The third kappa shape index (κ3) is 3.30. The van der Waals surface area contributed by atoms with Crippen molar-refractivity contribution in [2.45, 2.75) is 0 Å². The van der Waals surface area contributed by atoms with Crippen molar-refractivity contribution in [3.05, 3.63) is 69.2 Å². The zero-order valence-corrected chi connectivity index (χ0v) is 14.5. The first-order valence-corrected chi connectivity index (χ1v) is 7.98. The summed E-state index contributed by atoms with van der Waals surface area (Å²) in [6.45, 7) is 0. The number of benzene rings is 3. The van der Waals surface area contributed by atoms with Crippen LogP contribution in [0.2, 0.25) is 15.1 Å². The van der Waals surface area contributed by atoms with Gasteiger partial charge in [0.25, 0.3) is 0 Å². The van der Waals surface area contributed by atoms with Crippen LogP contribution in [0.4, 0.5) is 5.69 Å². The fraction of sp³-hybridized carbons (Fsp3) is 0.0556. The standard InChI is InChI=1S/C18H12Cl3NO/c1-23-18-7-6-11-4-2-3-5-12(11)13(18)10-22-17-9-15(20)14(19)8-16(17)21/h2-10H,1H3. The molecule has 116 valence electrons. The number of rotatable bonds is 3. The first kappa shape index (κ1) is 16.1.